The molecule has 4 heteroatoms. The first-order valence-corrected chi connectivity index (χ1v) is 6.69. The van der Waals surface area contributed by atoms with Crippen molar-refractivity contribution < 1.29 is 4.79 Å². The predicted octanol–water partition coefficient (Wildman–Crippen LogP) is 2.83. The van der Waals surface area contributed by atoms with Gasteiger partial charge in [0, 0.05) is 36.2 Å². The molecule has 0 saturated heterocycles. The molecule has 0 unspecified atom stereocenters. The Hall–Kier alpha value is -2.20. The number of rotatable bonds is 5. The van der Waals surface area contributed by atoms with Gasteiger partial charge >= 0.3 is 0 Å². The van der Waals surface area contributed by atoms with Crippen molar-refractivity contribution in [1.29, 1.82) is 0 Å². The molecular formula is C16H19N3O. The van der Waals surface area contributed by atoms with Crippen LogP contribution in [-0.4, -0.2) is 16.9 Å². The quantitative estimate of drug-likeness (QED) is 0.877. The lowest BCUT2D eigenvalue weighted by molar-refractivity contribution is 0.102. The average Bonchev–Trinajstić information content (AvgIpc) is 2.47. The largest absolute Gasteiger partial charge is 0.322 e. The van der Waals surface area contributed by atoms with Gasteiger partial charge < -0.3 is 10.6 Å². The van der Waals surface area contributed by atoms with Gasteiger partial charge in [-0.25, -0.2) is 0 Å². The van der Waals surface area contributed by atoms with Crippen LogP contribution in [0.25, 0.3) is 0 Å². The van der Waals surface area contributed by atoms with E-state index in [0.29, 0.717) is 11.6 Å². The van der Waals surface area contributed by atoms with Gasteiger partial charge in [0.2, 0.25) is 0 Å². The number of hydrogen-bond donors (Lipinski definition) is 2. The number of pyridine rings is 1. The molecule has 1 aromatic carbocycles. The van der Waals surface area contributed by atoms with Gasteiger partial charge in [-0.05, 0) is 29.8 Å². The van der Waals surface area contributed by atoms with Crippen LogP contribution in [0.5, 0.6) is 0 Å². The Kier molecular flexibility index (Phi) is 4.85. The molecule has 0 aliphatic heterocycles. The van der Waals surface area contributed by atoms with E-state index < -0.39 is 0 Å². The second kappa shape index (κ2) is 6.82. The Morgan fingerprint density at radius 1 is 1.10 bits per heavy atom. The zero-order valence-corrected chi connectivity index (χ0v) is 11.8. The smallest absolute Gasteiger partial charge is 0.255 e. The van der Waals surface area contributed by atoms with Gasteiger partial charge in [-0.3, -0.25) is 9.78 Å². The maximum Gasteiger partial charge on any atom is 0.255 e. The van der Waals surface area contributed by atoms with E-state index in [4.69, 9.17) is 0 Å². The molecule has 1 heterocycles. The van der Waals surface area contributed by atoms with Gasteiger partial charge in [0.1, 0.15) is 0 Å². The molecule has 20 heavy (non-hydrogen) atoms. The second-order valence-electron chi connectivity index (χ2n) is 4.92. The van der Waals surface area contributed by atoms with Crippen molar-refractivity contribution in [3.05, 3.63) is 59.9 Å². The van der Waals surface area contributed by atoms with Crippen LogP contribution < -0.4 is 10.6 Å². The summed E-state index contributed by atoms with van der Waals surface area (Å²) >= 11 is 0. The number of carbonyl (C=O) groups excluding carboxylic acids is 1. The SMILES string of the molecule is CC(C)NCc1ccc(NC(=O)c2ccncc2)cc1. The monoisotopic (exact) mass is 269 g/mol. The number of nitrogens with zero attached hydrogens (tertiary/aromatic N) is 1. The van der Waals surface area contributed by atoms with Gasteiger partial charge in [0.15, 0.2) is 0 Å². The zero-order chi connectivity index (χ0) is 14.4. The van der Waals surface area contributed by atoms with E-state index in [1.807, 2.05) is 24.3 Å². The van der Waals surface area contributed by atoms with E-state index in [9.17, 15) is 4.79 Å². The standard InChI is InChI=1S/C16H19N3O/c1-12(2)18-11-13-3-5-15(6-4-13)19-16(20)14-7-9-17-10-8-14/h3-10,12,18H,11H2,1-2H3,(H,19,20). The molecule has 104 valence electrons. The van der Waals surface area contributed by atoms with Gasteiger partial charge in [-0.15, -0.1) is 0 Å². The van der Waals surface area contributed by atoms with Gasteiger partial charge in [0.05, 0.1) is 0 Å². The van der Waals surface area contributed by atoms with Crippen LogP contribution in [-0.2, 0) is 6.54 Å². The molecule has 1 aromatic heterocycles. The van der Waals surface area contributed by atoms with E-state index >= 15 is 0 Å². The highest BCUT2D eigenvalue weighted by molar-refractivity contribution is 6.04. The van der Waals surface area contributed by atoms with Crippen molar-refractivity contribution in [3.63, 3.8) is 0 Å². The molecule has 2 aromatic rings. The summed E-state index contributed by atoms with van der Waals surface area (Å²) in [6.45, 7) is 5.06. The molecule has 0 atom stereocenters. The lowest BCUT2D eigenvalue weighted by Crippen LogP contribution is -2.21. The molecule has 0 aliphatic rings. The summed E-state index contributed by atoms with van der Waals surface area (Å²) in [5.41, 5.74) is 2.59. The molecule has 0 bridgehead atoms. The Labute approximate surface area is 119 Å². The van der Waals surface area contributed by atoms with Crippen molar-refractivity contribution in [2.24, 2.45) is 0 Å². The molecule has 2 N–H and O–H groups in total. The summed E-state index contributed by atoms with van der Waals surface area (Å²) in [4.78, 5) is 15.9. The summed E-state index contributed by atoms with van der Waals surface area (Å²) in [6.07, 6.45) is 3.21. The summed E-state index contributed by atoms with van der Waals surface area (Å²) in [5.74, 6) is -0.125. The highest BCUT2D eigenvalue weighted by Crippen LogP contribution is 2.11. The molecule has 0 spiro atoms. The molecule has 0 fully saturated rings. The van der Waals surface area contributed by atoms with Crippen LogP contribution in [0.2, 0.25) is 0 Å². The molecule has 0 aliphatic carbocycles. The van der Waals surface area contributed by atoms with Gasteiger partial charge in [0.25, 0.3) is 5.91 Å². The van der Waals surface area contributed by atoms with Crippen molar-refractivity contribution in [1.82, 2.24) is 10.3 Å². The molecule has 1 amide bonds. The Morgan fingerprint density at radius 2 is 1.75 bits per heavy atom. The highest BCUT2D eigenvalue weighted by atomic mass is 16.1. The minimum absolute atomic E-state index is 0.125. The molecular weight excluding hydrogens is 250 g/mol. The third kappa shape index (κ3) is 4.17. The summed E-state index contributed by atoms with van der Waals surface area (Å²) in [5, 5.41) is 6.22. The fourth-order valence-electron chi connectivity index (χ4n) is 1.73. The molecule has 2 rings (SSSR count). The van der Waals surface area contributed by atoms with Crippen molar-refractivity contribution >= 4 is 11.6 Å². The van der Waals surface area contributed by atoms with E-state index in [2.05, 4.69) is 29.5 Å². The minimum Gasteiger partial charge on any atom is -0.322 e. The van der Waals surface area contributed by atoms with Gasteiger partial charge in [-0.1, -0.05) is 26.0 Å². The van der Waals surface area contributed by atoms with Crippen LogP contribution in [0.4, 0.5) is 5.69 Å². The average molecular weight is 269 g/mol. The van der Waals surface area contributed by atoms with Crippen LogP contribution in [0.15, 0.2) is 48.8 Å². The Balaban J connectivity index is 1.95. The fourth-order valence-corrected chi connectivity index (χ4v) is 1.73. The van der Waals surface area contributed by atoms with Crippen molar-refractivity contribution in [2.75, 3.05) is 5.32 Å². The number of anilines is 1. The highest BCUT2D eigenvalue weighted by Gasteiger charge is 2.05. The van der Waals surface area contributed by atoms with Crippen molar-refractivity contribution in [3.8, 4) is 0 Å². The van der Waals surface area contributed by atoms with E-state index in [1.165, 1.54) is 5.56 Å². The Morgan fingerprint density at radius 3 is 2.35 bits per heavy atom. The first-order chi connectivity index (χ1) is 9.65. The maximum absolute atomic E-state index is 12.0. The lowest BCUT2D eigenvalue weighted by Gasteiger charge is -2.09. The summed E-state index contributed by atoms with van der Waals surface area (Å²) in [7, 11) is 0. The van der Waals surface area contributed by atoms with E-state index in [-0.39, 0.29) is 5.91 Å². The minimum atomic E-state index is -0.125. The zero-order valence-electron chi connectivity index (χ0n) is 11.8. The number of aromatic nitrogens is 1. The lowest BCUT2D eigenvalue weighted by atomic mass is 10.2. The first-order valence-electron chi connectivity index (χ1n) is 6.69. The topological polar surface area (TPSA) is 54.0 Å². The number of carbonyl (C=O) groups is 1. The normalized spacial score (nSPS) is 10.6. The molecule has 0 radical (unpaired) electrons. The van der Waals surface area contributed by atoms with E-state index in [0.717, 1.165) is 12.2 Å². The van der Waals surface area contributed by atoms with E-state index in [1.54, 1.807) is 24.5 Å². The Bertz CT molecular complexity index is 550. The molecule has 0 saturated carbocycles. The third-order valence-corrected chi connectivity index (χ3v) is 2.87. The number of amides is 1. The van der Waals surface area contributed by atoms with Gasteiger partial charge in [-0.2, -0.15) is 0 Å². The van der Waals surface area contributed by atoms with Crippen LogP contribution in [0.3, 0.4) is 0 Å². The number of nitrogens with one attached hydrogen (secondary N) is 2. The first kappa shape index (κ1) is 14.2. The summed E-state index contributed by atoms with van der Waals surface area (Å²) < 4.78 is 0. The number of hydrogen-bond acceptors (Lipinski definition) is 3. The van der Waals surface area contributed by atoms with Crippen LogP contribution in [0.1, 0.15) is 29.8 Å². The van der Waals surface area contributed by atoms with Crippen LogP contribution in [0, 0.1) is 0 Å². The van der Waals surface area contributed by atoms with Crippen LogP contribution >= 0.6 is 0 Å². The van der Waals surface area contributed by atoms with Crippen molar-refractivity contribution in [2.45, 2.75) is 26.4 Å². The fraction of sp³-hybridized carbons (Fsp3) is 0.250. The molecule has 4 nitrogen and oxygen atoms in total. The maximum atomic E-state index is 12.0. The second-order valence-corrected chi connectivity index (χ2v) is 4.92. The third-order valence-electron chi connectivity index (χ3n) is 2.87. The summed E-state index contributed by atoms with van der Waals surface area (Å²) in [6, 6.07) is 11.7. The number of benzene rings is 1. The predicted molar refractivity (Wildman–Crippen MR) is 80.6 cm³/mol.